The summed E-state index contributed by atoms with van der Waals surface area (Å²) in [6.07, 6.45) is 5.44. The quantitative estimate of drug-likeness (QED) is 0.522. The maximum absolute atomic E-state index is 6.03. The maximum atomic E-state index is 6.03. The minimum Gasteiger partial charge on any atom is -0.459 e. The summed E-state index contributed by atoms with van der Waals surface area (Å²) in [5, 5.41) is 0. The van der Waals surface area contributed by atoms with Crippen LogP contribution in [0, 0.1) is 13.0 Å². The number of likely N-dealkylation sites (tertiary alicyclic amines) is 2. The predicted octanol–water partition coefficient (Wildman–Crippen LogP) is -0.369. The monoisotopic (exact) mass is 294 g/mol. The molecule has 2 saturated heterocycles. The normalized spacial score (nSPS) is 23.4. The summed E-state index contributed by atoms with van der Waals surface area (Å²) >= 11 is 0. The molecule has 0 saturated carbocycles. The molecule has 0 aliphatic carbocycles. The molecular weight excluding hydrogens is 263 g/mol. The fraction of sp³-hybridized carbons (Fsp3) is 0.933. The first-order valence-corrected chi connectivity index (χ1v) is 7.59. The molecule has 0 aromatic heterocycles. The van der Waals surface area contributed by atoms with Gasteiger partial charge in [0.2, 0.25) is 0 Å². The molecule has 2 aliphatic heterocycles. The first-order valence-electron chi connectivity index (χ1n) is 7.59. The second-order valence-corrected chi connectivity index (χ2v) is 5.40. The molecule has 0 spiro atoms. The van der Waals surface area contributed by atoms with Crippen molar-refractivity contribution >= 4 is 0 Å². The van der Waals surface area contributed by atoms with Crippen LogP contribution in [0.5, 0.6) is 0 Å². The smallest absolute Gasteiger partial charge is 0.459 e. The predicted molar refractivity (Wildman–Crippen MR) is 77.5 cm³/mol. The third-order valence-electron chi connectivity index (χ3n) is 3.94. The molecule has 0 atom stereocenters. The van der Waals surface area contributed by atoms with Gasteiger partial charge < -0.3 is 14.5 Å². The van der Waals surface area contributed by atoms with Crippen LogP contribution >= 0.6 is 0 Å². The molecule has 0 N–H and O–H groups in total. The van der Waals surface area contributed by atoms with Gasteiger partial charge in [-0.1, -0.05) is 13.8 Å². The molecule has 0 radical (unpaired) electrons. The van der Waals surface area contributed by atoms with Crippen molar-refractivity contribution in [1.82, 2.24) is 9.80 Å². The summed E-state index contributed by atoms with van der Waals surface area (Å²) < 4.78 is 6.03. The summed E-state index contributed by atoms with van der Waals surface area (Å²) in [6.45, 7) is 9.66. The van der Waals surface area contributed by atoms with E-state index in [9.17, 15) is 0 Å². The van der Waals surface area contributed by atoms with Gasteiger partial charge in [-0.25, -0.2) is 0 Å². The number of ether oxygens (including phenoxy) is 1. The first-order chi connectivity index (χ1) is 8.74. The molecule has 3 nitrogen and oxygen atoms in total. The zero-order valence-electron chi connectivity index (χ0n) is 13.5. The third kappa shape index (κ3) is 8.52. The standard InChI is InChI=1S/C13H25N2O.C2H6.K/c1-14-7-3-12(4-8-14)11-16-13-5-9-15(2)10-6-13;1-2;/h12-13H,2-11H2,1H3;1-2H3;/q-1;;+1. The van der Waals surface area contributed by atoms with Gasteiger partial charge in [0, 0.05) is 6.61 Å². The van der Waals surface area contributed by atoms with Crippen LogP contribution < -0.4 is 51.4 Å². The molecule has 0 bridgehead atoms. The van der Waals surface area contributed by atoms with Crippen LogP contribution in [0.2, 0.25) is 0 Å². The molecular formula is C15H31KN2O. The largest absolute Gasteiger partial charge is 1.00 e. The molecule has 2 fully saturated rings. The van der Waals surface area contributed by atoms with Crippen LogP contribution in [0.4, 0.5) is 0 Å². The summed E-state index contributed by atoms with van der Waals surface area (Å²) in [5.41, 5.74) is 0. The van der Waals surface area contributed by atoms with E-state index in [0.29, 0.717) is 6.10 Å². The van der Waals surface area contributed by atoms with Gasteiger partial charge in [0.05, 0.1) is 6.10 Å². The summed E-state index contributed by atoms with van der Waals surface area (Å²) in [5.74, 6) is 0.800. The second-order valence-electron chi connectivity index (χ2n) is 5.40. The molecule has 0 aromatic carbocycles. The Morgan fingerprint density at radius 2 is 1.53 bits per heavy atom. The molecule has 108 valence electrons. The molecule has 0 aromatic rings. The van der Waals surface area contributed by atoms with E-state index >= 15 is 0 Å². The first kappa shape index (κ1) is 20.5. The van der Waals surface area contributed by atoms with Crippen LogP contribution in [0.15, 0.2) is 0 Å². The van der Waals surface area contributed by atoms with E-state index in [1.807, 2.05) is 13.8 Å². The molecule has 0 unspecified atom stereocenters. The Kier molecular flexibility index (Phi) is 13.1. The van der Waals surface area contributed by atoms with Gasteiger partial charge >= 0.3 is 51.4 Å². The molecule has 2 aliphatic rings. The van der Waals surface area contributed by atoms with Crippen molar-refractivity contribution in [3.63, 3.8) is 0 Å². The molecule has 19 heavy (non-hydrogen) atoms. The fourth-order valence-electron chi connectivity index (χ4n) is 2.58. The zero-order chi connectivity index (χ0) is 13.4. The molecule has 0 amide bonds. The van der Waals surface area contributed by atoms with E-state index in [0.717, 1.165) is 38.5 Å². The number of piperidine rings is 2. The summed E-state index contributed by atoms with van der Waals surface area (Å²) in [7, 11) is 6.17. The molecule has 2 rings (SSSR count). The van der Waals surface area contributed by atoms with Gasteiger partial charge in [-0.15, -0.1) is 0 Å². The van der Waals surface area contributed by atoms with Gasteiger partial charge in [-0.2, -0.15) is 0 Å². The van der Waals surface area contributed by atoms with E-state index in [4.69, 9.17) is 4.74 Å². The number of hydrogen-bond donors (Lipinski definition) is 0. The Morgan fingerprint density at radius 3 is 2.05 bits per heavy atom. The van der Waals surface area contributed by atoms with E-state index in [2.05, 4.69) is 23.9 Å². The van der Waals surface area contributed by atoms with Crippen molar-refractivity contribution < 1.29 is 56.1 Å². The number of rotatable bonds is 3. The van der Waals surface area contributed by atoms with Crippen molar-refractivity contribution in [1.29, 1.82) is 0 Å². The van der Waals surface area contributed by atoms with Gasteiger partial charge in [0.25, 0.3) is 0 Å². The average Bonchev–Trinajstić information content (AvgIpc) is 2.42. The van der Waals surface area contributed by atoms with Crippen LogP contribution in [0.25, 0.3) is 0 Å². The minimum absolute atomic E-state index is 0. The number of hydrogen-bond acceptors (Lipinski definition) is 3. The van der Waals surface area contributed by atoms with Crippen molar-refractivity contribution in [3.8, 4) is 0 Å². The van der Waals surface area contributed by atoms with E-state index in [-0.39, 0.29) is 51.4 Å². The minimum atomic E-state index is 0. The Morgan fingerprint density at radius 1 is 1.00 bits per heavy atom. The van der Waals surface area contributed by atoms with Gasteiger partial charge in [-0.05, 0) is 64.8 Å². The summed E-state index contributed by atoms with van der Waals surface area (Å²) in [6, 6.07) is 0. The molecule has 2 heterocycles. The van der Waals surface area contributed by atoms with Crippen molar-refractivity contribution in [2.75, 3.05) is 39.8 Å². The van der Waals surface area contributed by atoms with E-state index in [1.165, 1.54) is 25.9 Å². The van der Waals surface area contributed by atoms with Crippen LogP contribution in [0.1, 0.15) is 39.5 Å². The van der Waals surface area contributed by atoms with Crippen molar-refractivity contribution in [2.45, 2.75) is 45.6 Å². The van der Waals surface area contributed by atoms with Crippen LogP contribution in [-0.4, -0.2) is 55.7 Å². The topological polar surface area (TPSA) is 15.7 Å². The average molecular weight is 295 g/mol. The zero-order valence-corrected chi connectivity index (χ0v) is 16.7. The van der Waals surface area contributed by atoms with E-state index in [1.54, 1.807) is 0 Å². The van der Waals surface area contributed by atoms with Gasteiger partial charge in [0.1, 0.15) is 0 Å². The Bertz CT molecular complexity index is 178. The van der Waals surface area contributed by atoms with Crippen LogP contribution in [-0.2, 0) is 4.74 Å². The van der Waals surface area contributed by atoms with Crippen LogP contribution in [0.3, 0.4) is 0 Å². The van der Waals surface area contributed by atoms with Crippen molar-refractivity contribution in [3.05, 3.63) is 7.05 Å². The SMILES string of the molecule is CC.[CH2-]N1CCC(OCC2CCN(C)CC2)CC1.[K+]. The molecule has 4 heteroatoms. The van der Waals surface area contributed by atoms with E-state index < -0.39 is 0 Å². The Balaban J connectivity index is 0.00000103. The Hall–Kier alpha value is 1.52. The maximum Gasteiger partial charge on any atom is 1.00 e. The Labute approximate surface area is 162 Å². The second kappa shape index (κ2) is 12.1. The van der Waals surface area contributed by atoms with Gasteiger partial charge in [-0.3, -0.25) is 7.05 Å². The summed E-state index contributed by atoms with van der Waals surface area (Å²) in [4.78, 5) is 4.56. The van der Waals surface area contributed by atoms with Gasteiger partial charge in [0.15, 0.2) is 0 Å². The van der Waals surface area contributed by atoms with Crippen molar-refractivity contribution in [2.24, 2.45) is 5.92 Å². The number of nitrogens with zero attached hydrogens (tertiary/aromatic N) is 2. The third-order valence-corrected chi connectivity index (χ3v) is 3.94. The fourth-order valence-corrected chi connectivity index (χ4v) is 2.58.